The third-order valence-electron chi connectivity index (χ3n) is 4.79. The summed E-state index contributed by atoms with van der Waals surface area (Å²) in [5.41, 5.74) is 2.80. The fourth-order valence-corrected chi connectivity index (χ4v) is 3.45. The predicted molar refractivity (Wildman–Crippen MR) is 89.9 cm³/mol. The lowest BCUT2D eigenvalue weighted by Gasteiger charge is -2.28. The van der Waals surface area contributed by atoms with Gasteiger partial charge in [-0.15, -0.1) is 0 Å². The topological polar surface area (TPSA) is 18.5 Å². The van der Waals surface area contributed by atoms with E-state index >= 15 is 0 Å². The number of anilines is 1. The van der Waals surface area contributed by atoms with E-state index in [0.29, 0.717) is 0 Å². The predicted octanol–water partition coefficient (Wildman–Crippen LogP) is 2.86. The minimum Gasteiger partial charge on any atom is -0.372 e. The third kappa shape index (κ3) is 4.45. The fourth-order valence-electron chi connectivity index (χ4n) is 3.45. The van der Waals surface area contributed by atoms with Gasteiger partial charge in [0.2, 0.25) is 0 Å². The van der Waals surface area contributed by atoms with Crippen molar-refractivity contribution in [2.24, 2.45) is 0 Å². The molecule has 0 unspecified atom stereocenters. The number of nitrogens with one attached hydrogen (secondary N) is 1. The van der Waals surface area contributed by atoms with Crippen LogP contribution in [0.1, 0.15) is 37.7 Å². The van der Waals surface area contributed by atoms with E-state index in [0.717, 1.165) is 13.1 Å². The summed E-state index contributed by atoms with van der Waals surface area (Å²) in [5.74, 6) is 0. The number of piperidine rings is 1. The van der Waals surface area contributed by atoms with Crippen LogP contribution in [0, 0.1) is 0 Å². The Kier molecular flexibility index (Phi) is 5.53. The van der Waals surface area contributed by atoms with E-state index in [4.69, 9.17) is 0 Å². The largest absolute Gasteiger partial charge is 0.372 e. The van der Waals surface area contributed by atoms with Crippen LogP contribution in [0.15, 0.2) is 24.3 Å². The van der Waals surface area contributed by atoms with Crippen LogP contribution in [0.5, 0.6) is 0 Å². The van der Waals surface area contributed by atoms with E-state index in [-0.39, 0.29) is 0 Å². The van der Waals surface area contributed by atoms with E-state index < -0.39 is 0 Å². The molecule has 2 aliphatic heterocycles. The molecule has 2 aliphatic rings. The zero-order valence-electron chi connectivity index (χ0n) is 13.2. The maximum atomic E-state index is 3.57. The molecule has 0 radical (unpaired) electrons. The lowest BCUT2D eigenvalue weighted by molar-refractivity contribution is 0.335. The molecule has 0 saturated carbocycles. The highest BCUT2D eigenvalue weighted by Gasteiger charge is 2.11. The molecule has 3 rings (SSSR count). The molecule has 0 atom stereocenters. The highest BCUT2D eigenvalue weighted by molar-refractivity contribution is 5.47. The lowest BCUT2D eigenvalue weighted by Crippen LogP contribution is -2.30. The van der Waals surface area contributed by atoms with Crippen LogP contribution in [0.25, 0.3) is 0 Å². The molecule has 0 amide bonds. The van der Waals surface area contributed by atoms with E-state index in [1.807, 2.05) is 0 Å². The molecule has 2 saturated heterocycles. The maximum absolute atomic E-state index is 3.57. The molecule has 0 aromatic heterocycles. The fraction of sp³-hybridized carbons (Fsp3) is 0.667. The summed E-state index contributed by atoms with van der Waals surface area (Å²) in [6.45, 7) is 8.35. The van der Waals surface area contributed by atoms with Crippen molar-refractivity contribution < 1.29 is 0 Å². The molecule has 0 spiro atoms. The first-order valence-corrected chi connectivity index (χ1v) is 8.69. The van der Waals surface area contributed by atoms with Gasteiger partial charge in [-0.05, 0) is 62.9 Å². The zero-order chi connectivity index (χ0) is 14.3. The summed E-state index contributed by atoms with van der Waals surface area (Å²) in [6.07, 6.45) is 6.87. The van der Waals surface area contributed by atoms with Gasteiger partial charge in [0.1, 0.15) is 0 Å². The number of nitrogens with zero attached hydrogens (tertiary/aromatic N) is 2. The van der Waals surface area contributed by atoms with Crippen LogP contribution in [0.4, 0.5) is 5.69 Å². The van der Waals surface area contributed by atoms with Gasteiger partial charge in [-0.2, -0.15) is 0 Å². The first-order chi connectivity index (χ1) is 10.4. The van der Waals surface area contributed by atoms with Crippen molar-refractivity contribution in [3.05, 3.63) is 29.8 Å². The summed E-state index contributed by atoms with van der Waals surface area (Å²) >= 11 is 0. The second kappa shape index (κ2) is 7.81. The monoisotopic (exact) mass is 287 g/mol. The normalized spacial score (nSPS) is 20.1. The molecule has 2 heterocycles. The van der Waals surface area contributed by atoms with Gasteiger partial charge in [0, 0.05) is 38.4 Å². The van der Waals surface area contributed by atoms with Crippen molar-refractivity contribution in [1.82, 2.24) is 10.2 Å². The summed E-state index contributed by atoms with van der Waals surface area (Å²) in [6, 6.07) is 9.16. The molecule has 0 aliphatic carbocycles. The summed E-state index contributed by atoms with van der Waals surface area (Å²) in [5, 5.41) is 3.57. The van der Waals surface area contributed by atoms with Crippen LogP contribution in [0.3, 0.4) is 0 Å². The Morgan fingerprint density at radius 1 is 0.810 bits per heavy atom. The van der Waals surface area contributed by atoms with Crippen molar-refractivity contribution >= 4 is 5.69 Å². The Morgan fingerprint density at radius 3 is 2.19 bits per heavy atom. The van der Waals surface area contributed by atoms with Gasteiger partial charge in [0.15, 0.2) is 0 Å². The van der Waals surface area contributed by atoms with Crippen molar-refractivity contribution in [2.75, 3.05) is 44.2 Å². The first-order valence-electron chi connectivity index (χ1n) is 8.69. The van der Waals surface area contributed by atoms with Gasteiger partial charge in [0.25, 0.3) is 0 Å². The van der Waals surface area contributed by atoms with Crippen molar-refractivity contribution in [2.45, 2.75) is 38.6 Å². The maximum Gasteiger partial charge on any atom is 0.0366 e. The Balaban J connectivity index is 1.39. The van der Waals surface area contributed by atoms with Gasteiger partial charge in [-0.1, -0.05) is 12.1 Å². The van der Waals surface area contributed by atoms with Gasteiger partial charge in [0.05, 0.1) is 0 Å². The Labute approximate surface area is 129 Å². The van der Waals surface area contributed by atoms with Gasteiger partial charge >= 0.3 is 0 Å². The Morgan fingerprint density at radius 2 is 1.48 bits per heavy atom. The minimum atomic E-state index is 0.994. The van der Waals surface area contributed by atoms with Crippen molar-refractivity contribution in [3.8, 4) is 0 Å². The molecule has 0 bridgehead atoms. The number of likely N-dealkylation sites (tertiary alicyclic amines) is 1. The molecular weight excluding hydrogens is 258 g/mol. The zero-order valence-corrected chi connectivity index (χ0v) is 13.2. The number of hydrogen-bond donors (Lipinski definition) is 1. The molecule has 116 valence electrons. The molecule has 1 N–H and O–H groups in total. The average Bonchev–Trinajstić information content (AvgIpc) is 3.06. The lowest BCUT2D eigenvalue weighted by atomic mass is 10.1. The van der Waals surface area contributed by atoms with E-state index in [2.05, 4.69) is 39.4 Å². The van der Waals surface area contributed by atoms with E-state index in [1.165, 1.54) is 76.1 Å². The molecule has 3 nitrogen and oxygen atoms in total. The van der Waals surface area contributed by atoms with Crippen LogP contribution in [0.2, 0.25) is 0 Å². The van der Waals surface area contributed by atoms with Gasteiger partial charge in [-0.25, -0.2) is 0 Å². The molecule has 3 heteroatoms. The van der Waals surface area contributed by atoms with Crippen LogP contribution >= 0.6 is 0 Å². The SMILES string of the molecule is c1cc(N2CCCCC2)ccc1CNCCN1CCCC1. The summed E-state index contributed by atoms with van der Waals surface area (Å²) in [7, 11) is 0. The van der Waals surface area contributed by atoms with Crippen LogP contribution < -0.4 is 10.2 Å². The molecular formula is C18H29N3. The van der Waals surface area contributed by atoms with Gasteiger partial charge in [-0.3, -0.25) is 0 Å². The highest BCUT2D eigenvalue weighted by Crippen LogP contribution is 2.20. The molecule has 21 heavy (non-hydrogen) atoms. The average molecular weight is 287 g/mol. The molecule has 1 aromatic rings. The van der Waals surface area contributed by atoms with Crippen LogP contribution in [-0.4, -0.2) is 44.2 Å². The quantitative estimate of drug-likeness (QED) is 0.812. The minimum absolute atomic E-state index is 0.994. The highest BCUT2D eigenvalue weighted by atomic mass is 15.1. The standard InChI is InChI=1S/C18H29N3/c1-2-13-21(14-3-1)18-8-6-17(7-9-18)16-19-10-15-20-11-4-5-12-20/h6-9,19H,1-5,10-16H2. The second-order valence-corrected chi connectivity index (χ2v) is 6.44. The first kappa shape index (κ1) is 14.9. The van der Waals surface area contributed by atoms with Crippen molar-refractivity contribution in [1.29, 1.82) is 0 Å². The Bertz CT molecular complexity index is 403. The smallest absolute Gasteiger partial charge is 0.0366 e. The second-order valence-electron chi connectivity index (χ2n) is 6.44. The molecule has 2 fully saturated rings. The third-order valence-corrected chi connectivity index (χ3v) is 4.79. The number of rotatable bonds is 6. The van der Waals surface area contributed by atoms with E-state index in [1.54, 1.807) is 0 Å². The van der Waals surface area contributed by atoms with E-state index in [9.17, 15) is 0 Å². The number of benzene rings is 1. The summed E-state index contributed by atoms with van der Waals surface area (Å²) in [4.78, 5) is 5.08. The molecule has 1 aromatic carbocycles. The number of hydrogen-bond acceptors (Lipinski definition) is 3. The van der Waals surface area contributed by atoms with Gasteiger partial charge < -0.3 is 15.1 Å². The summed E-state index contributed by atoms with van der Waals surface area (Å²) < 4.78 is 0. The van der Waals surface area contributed by atoms with Crippen molar-refractivity contribution in [3.63, 3.8) is 0 Å². The Hall–Kier alpha value is -1.06. The van der Waals surface area contributed by atoms with Crippen LogP contribution in [-0.2, 0) is 6.54 Å².